The number of carbonyl (C=O) groups is 2. The molecule has 7 rings (SSSR count). The lowest BCUT2D eigenvalue weighted by molar-refractivity contribution is -0.132. The second kappa shape index (κ2) is 13.2. The lowest BCUT2D eigenvalue weighted by Crippen LogP contribution is -2.29. The molecule has 0 bridgehead atoms. The summed E-state index contributed by atoms with van der Waals surface area (Å²) < 4.78 is 12.6. The molecule has 0 spiro atoms. The minimum Gasteiger partial charge on any atom is -0.507 e. The van der Waals surface area contributed by atoms with Gasteiger partial charge < -0.3 is 14.6 Å². The van der Waals surface area contributed by atoms with E-state index in [2.05, 4.69) is 10.2 Å². The molecule has 2 aliphatic heterocycles. The van der Waals surface area contributed by atoms with Gasteiger partial charge in [-0.25, -0.2) is 0 Å². The Hall–Kier alpha value is -4.64. The maximum atomic E-state index is 13.8. The molecule has 2 aliphatic rings. The van der Waals surface area contributed by atoms with Gasteiger partial charge in [-0.3, -0.25) is 14.5 Å². The number of amides is 1. The molecule has 11 heteroatoms. The molecule has 236 valence electrons. The van der Waals surface area contributed by atoms with E-state index < -0.39 is 17.7 Å². The Bertz CT molecular complexity index is 2000. The molecule has 3 heterocycles. The summed E-state index contributed by atoms with van der Waals surface area (Å²) in [6.45, 7) is 2.31. The van der Waals surface area contributed by atoms with Crippen LogP contribution in [0.15, 0.2) is 107 Å². The molecule has 0 aliphatic carbocycles. The first-order chi connectivity index (χ1) is 22.8. The number of thioether (sulfide) groups is 1. The highest BCUT2D eigenvalue weighted by Crippen LogP contribution is 2.45. The molecule has 0 radical (unpaired) electrons. The van der Waals surface area contributed by atoms with Crippen molar-refractivity contribution in [2.24, 2.45) is 0 Å². The minimum absolute atomic E-state index is 0.00997. The van der Waals surface area contributed by atoms with E-state index in [9.17, 15) is 14.7 Å². The van der Waals surface area contributed by atoms with E-state index in [1.54, 1.807) is 24.3 Å². The Morgan fingerprint density at radius 2 is 1.81 bits per heavy atom. The summed E-state index contributed by atoms with van der Waals surface area (Å²) in [5.74, 6) is 0.0456. The van der Waals surface area contributed by atoms with Crippen molar-refractivity contribution in [1.29, 1.82) is 0 Å². The normalized spacial score (nSPS) is 18.3. The largest absolute Gasteiger partial charge is 0.507 e. The van der Waals surface area contributed by atoms with Crippen molar-refractivity contribution in [1.82, 2.24) is 10.2 Å². The molecular weight excluding hydrogens is 654 g/mol. The van der Waals surface area contributed by atoms with Crippen LogP contribution < -0.4 is 14.4 Å². The quantitative estimate of drug-likeness (QED) is 0.0549. The Labute approximate surface area is 284 Å². The number of Topliss-reactive ketones (excluding diaryl/α,β-unsaturated/α-hetero) is 1. The van der Waals surface area contributed by atoms with Crippen LogP contribution in [0.1, 0.15) is 40.8 Å². The zero-order valence-electron chi connectivity index (χ0n) is 25.1. The van der Waals surface area contributed by atoms with Crippen LogP contribution in [0.25, 0.3) is 5.76 Å². The molecule has 5 aromatic rings. The van der Waals surface area contributed by atoms with Gasteiger partial charge in [0.05, 0.1) is 11.6 Å². The third-order valence-corrected chi connectivity index (χ3v) is 10.3. The summed E-state index contributed by atoms with van der Waals surface area (Å²) in [6.07, 6.45) is 0.687. The van der Waals surface area contributed by atoms with Gasteiger partial charge >= 0.3 is 5.91 Å². The molecule has 1 N–H and O–H groups in total. The van der Waals surface area contributed by atoms with Crippen LogP contribution in [-0.4, -0.2) is 33.1 Å². The smallest absolute Gasteiger partial charge is 0.301 e. The minimum atomic E-state index is -0.972. The summed E-state index contributed by atoms with van der Waals surface area (Å²) >= 11 is 8.70. The first kappa shape index (κ1) is 31.0. The number of hydrogen-bond donors (Lipinski definition) is 1. The number of aliphatic hydroxyl groups is 1. The van der Waals surface area contributed by atoms with E-state index in [0.717, 1.165) is 22.4 Å². The zero-order chi connectivity index (χ0) is 32.5. The first-order valence-corrected chi connectivity index (χ1v) is 17.1. The highest BCUT2D eigenvalue weighted by Gasteiger charge is 2.48. The average Bonchev–Trinajstić information content (AvgIpc) is 3.78. The van der Waals surface area contributed by atoms with Crippen molar-refractivity contribution in [3.63, 3.8) is 0 Å². The number of carbonyl (C=O) groups excluding carboxylic acids is 2. The fraction of sp³-hybridized carbons (Fsp3) is 0.167. The molecule has 0 unspecified atom stereocenters. The number of aliphatic hydroxyl groups excluding tert-OH is 1. The fourth-order valence-electron chi connectivity index (χ4n) is 5.67. The predicted molar refractivity (Wildman–Crippen MR) is 183 cm³/mol. The topological polar surface area (TPSA) is 102 Å². The molecule has 0 saturated carbocycles. The number of fused-ring (bicyclic) bond motifs is 1. The summed E-state index contributed by atoms with van der Waals surface area (Å²) in [6, 6.07) is 28.8. The molecule has 4 aromatic carbocycles. The van der Waals surface area contributed by atoms with Crippen LogP contribution in [-0.2, 0) is 28.4 Å². The van der Waals surface area contributed by atoms with E-state index in [-0.39, 0.29) is 22.6 Å². The third kappa shape index (κ3) is 6.49. The van der Waals surface area contributed by atoms with Crippen LogP contribution in [0.4, 0.5) is 5.13 Å². The van der Waals surface area contributed by atoms with Crippen LogP contribution in [0, 0.1) is 0 Å². The second-order valence-electron chi connectivity index (χ2n) is 11.2. The monoisotopic (exact) mass is 681 g/mol. The molecule has 1 saturated heterocycles. The number of anilines is 1. The molecule has 1 amide bonds. The van der Waals surface area contributed by atoms with Gasteiger partial charge in [0.2, 0.25) is 5.13 Å². The van der Waals surface area contributed by atoms with Crippen molar-refractivity contribution in [3.05, 3.63) is 135 Å². The van der Waals surface area contributed by atoms with Gasteiger partial charge in [0.1, 0.15) is 30.0 Å². The van der Waals surface area contributed by atoms with Crippen molar-refractivity contribution in [2.75, 3.05) is 4.90 Å². The van der Waals surface area contributed by atoms with Crippen LogP contribution >= 0.6 is 34.7 Å². The Kier molecular flexibility index (Phi) is 8.72. The number of halogens is 1. The Morgan fingerprint density at radius 1 is 1.00 bits per heavy atom. The number of hydrogen-bond acceptors (Lipinski definition) is 9. The Morgan fingerprint density at radius 3 is 2.62 bits per heavy atom. The van der Waals surface area contributed by atoms with E-state index in [4.69, 9.17) is 21.1 Å². The summed E-state index contributed by atoms with van der Waals surface area (Å²) in [4.78, 5) is 28.9. The van der Waals surface area contributed by atoms with Gasteiger partial charge in [-0.05, 0) is 71.6 Å². The lowest BCUT2D eigenvalue weighted by atomic mass is 9.94. The summed E-state index contributed by atoms with van der Waals surface area (Å²) in [5.41, 5.74) is 3.95. The second-order valence-corrected chi connectivity index (χ2v) is 13.9. The van der Waals surface area contributed by atoms with Gasteiger partial charge in [-0.15, -0.1) is 10.2 Å². The zero-order valence-corrected chi connectivity index (χ0v) is 27.5. The van der Waals surface area contributed by atoms with Gasteiger partial charge in [-0.2, -0.15) is 0 Å². The van der Waals surface area contributed by atoms with Crippen LogP contribution in [0.2, 0.25) is 5.02 Å². The van der Waals surface area contributed by atoms with E-state index in [0.29, 0.717) is 45.0 Å². The van der Waals surface area contributed by atoms with Crippen molar-refractivity contribution in [3.8, 4) is 11.5 Å². The number of rotatable bonds is 9. The molecule has 1 aromatic heterocycles. The van der Waals surface area contributed by atoms with E-state index in [1.807, 2.05) is 79.7 Å². The fourth-order valence-corrected chi connectivity index (χ4v) is 7.62. The van der Waals surface area contributed by atoms with Gasteiger partial charge in [0, 0.05) is 22.8 Å². The molecule has 8 nitrogen and oxygen atoms in total. The van der Waals surface area contributed by atoms with Crippen LogP contribution in [0.5, 0.6) is 11.5 Å². The highest BCUT2D eigenvalue weighted by molar-refractivity contribution is 8.00. The van der Waals surface area contributed by atoms with E-state index >= 15 is 0 Å². The number of ether oxygens (including phenoxy) is 2. The van der Waals surface area contributed by atoms with Gasteiger partial charge in [0.25, 0.3) is 5.78 Å². The SMILES string of the molecule is C[C@H]1Cc2cc(C(O)=C3C(=O)C(=O)N(c4nnc(SCc5ccc(Cl)cc5)s4)[C@@H]3c3cccc(OCc4ccccc4)c3)ccc2O1. The number of benzene rings is 4. The average molecular weight is 682 g/mol. The van der Waals surface area contributed by atoms with Crippen molar-refractivity contribution >= 4 is 57.3 Å². The van der Waals surface area contributed by atoms with Crippen molar-refractivity contribution in [2.45, 2.75) is 42.2 Å². The molecule has 47 heavy (non-hydrogen) atoms. The summed E-state index contributed by atoms with van der Waals surface area (Å²) in [7, 11) is 0. The van der Waals surface area contributed by atoms with Crippen molar-refractivity contribution < 1.29 is 24.2 Å². The molecule has 2 atom stereocenters. The highest BCUT2D eigenvalue weighted by atomic mass is 35.5. The molecular formula is C36H28ClN3O5S2. The summed E-state index contributed by atoms with van der Waals surface area (Å²) in [5, 5.41) is 21.3. The lowest BCUT2D eigenvalue weighted by Gasteiger charge is -2.23. The van der Waals surface area contributed by atoms with Gasteiger partial charge in [-0.1, -0.05) is 89.3 Å². The number of ketones is 1. The molecule has 1 fully saturated rings. The maximum absolute atomic E-state index is 13.8. The first-order valence-electron chi connectivity index (χ1n) is 14.9. The third-order valence-electron chi connectivity index (χ3n) is 7.91. The number of nitrogens with zero attached hydrogens (tertiary/aromatic N) is 3. The standard InChI is InChI=1S/C36H28ClN3O5S2/c1-21-16-26-17-25(12-15-29(26)45-21)32(41)30-31(24-8-5-9-28(18-24)44-19-22-6-3-2-4-7-22)40(34(43)33(30)42)35-38-39-36(47-35)46-20-23-10-13-27(37)14-11-23/h2-15,17-18,21,31,41H,16,19-20H2,1H3/t21-,31+/m0/s1. The maximum Gasteiger partial charge on any atom is 0.301 e. The van der Waals surface area contributed by atoms with Crippen LogP contribution in [0.3, 0.4) is 0 Å². The van der Waals surface area contributed by atoms with Gasteiger partial charge in [0.15, 0.2) is 4.34 Å². The van der Waals surface area contributed by atoms with E-state index in [1.165, 1.54) is 28.0 Å². The number of aromatic nitrogens is 2. The predicted octanol–water partition coefficient (Wildman–Crippen LogP) is 8.01. The Balaban J connectivity index is 1.25.